The average molecular weight is 350 g/mol. The van der Waals surface area contributed by atoms with Gasteiger partial charge in [0, 0.05) is 15.6 Å². The molecule has 120 valence electrons. The van der Waals surface area contributed by atoms with Gasteiger partial charge in [-0.2, -0.15) is 0 Å². The predicted molar refractivity (Wildman–Crippen MR) is 93.5 cm³/mol. The third kappa shape index (κ3) is 2.91. The van der Waals surface area contributed by atoms with E-state index in [-0.39, 0.29) is 5.91 Å². The maximum absolute atomic E-state index is 12.9. The van der Waals surface area contributed by atoms with Crippen molar-refractivity contribution in [3.63, 3.8) is 0 Å². The number of rotatable bonds is 2. The number of benzene rings is 2. The fourth-order valence-corrected chi connectivity index (χ4v) is 3.19. The van der Waals surface area contributed by atoms with Crippen LogP contribution in [0.2, 0.25) is 10.0 Å². The van der Waals surface area contributed by atoms with Crippen LogP contribution in [-0.4, -0.2) is 11.5 Å². The molecule has 0 spiro atoms. The van der Waals surface area contributed by atoms with Crippen molar-refractivity contribution in [1.29, 1.82) is 0 Å². The Kier molecular flexibility index (Phi) is 4.03. The summed E-state index contributed by atoms with van der Waals surface area (Å²) in [4.78, 5) is 14.6. The first-order chi connectivity index (χ1) is 10.8. The van der Waals surface area contributed by atoms with Gasteiger partial charge in [0.1, 0.15) is 5.75 Å². The molecular formula is C18H17Cl2NO2. The third-order valence-electron chi connectivity index (χ3n) is 3.91. The summed E-state index contributed by atoms with van der Waals surface area (Å²) in [6.07, 6.45) is 0. The first-order valence-corrected chi connectivity index (χ1v) is 8.10. The molecule has 23 heavy (non-hydrogen) atoms. The van der Waals surface area contributed by atoms with E-state index in [1.165, 1.54) is 0 Å². The second-order valence-corrected chi connectivity index (χ2v) is 6.99. The molecule has 2 aromatic rings. The monoisotopic (exact) mass is 349 g/mol. The van der Waals surface area contributed by atoms with E-state index in [2.05, 4.69) is 0 Å². The minimum Gasteiger partial charge on any atom is -0.476 e. The second kappa shape index (κ2) is 5.73. The maximum Gasteiger partial charge on any atom is 0.271 e. The number of aryl methyl sites for hydroxylation is 1. The van der Waals surface area contributed by atoms with Crippen LogP contribution in [0.15, 0.2) is 36.4 Å². The van der Waals surface area contributed by atoms with Crippen molar-refractivity contribution >= 4 is 34.8 Å². The van der Waals surface area contributed by atoms with Gasteiger partial charge in [0.15, 0.2) is 5.60 Å². The van der Waals surface area contributed by atoms with Gasteiger partial charge in [-0.3, -0.25) is 4.79 Å². The van der Waals surface area contributed by atoms with E-state index in [1.54, 1.807) is 36.9 Å². The summed E-state index contributed by atoms with van der Waals surface area (Å²) < 4.78 is 5.86. The van der Waals surface area contributed by atoms with Crippen LogP contribution in [0.4, 0.5) is 5.69 Å². The van der Waals surface area contributed by atoms with Crippen LogP contribution >= 0.6 is 23.2 Å². The number of ether oxygens (including phenoxy) is 1. The van der Waals surface area contributed by atoms with Crippen molar-refractivity contribution in [2.45, 2.75) is 32.9 Å². The molecule has 0 bridgehead atoms. The predicted octanol–water partition coefficient (Wildman–Crippen LogP) is 5.01. The molecule has 1 aliphatic heterocycles. The molecule has 2 aromatic carbocycles. The largest absolute Gasteiger partial charge is 0.476 e. The van der Waals surface area contributed by atoms with Crippen molar-refractivity contribution in [3.8, 4) is 5.75 Å². The minimum atomic E-state index is -0.935. The lowest BCUT2D eigenvalue weighted by Crippen LogP contribution is -2.52. The number of anilines is 1. The van der Waals surface area contributed by atoms with Gasteiger partial charge in [-0.15, -0.1) is 0 Å². The Labute approximate surface area is 145 Å². The summed E-state index contributed by atoms with van der Waals surface area (Å²) in [5.41, 5.74) is 1.59. The SMILES string of the molecule is Cc1ccc2c(c1)N(Cc1c(Cl)cccc1Cl)C(=O)C(C)(C)O2. The number of hydrogen-bond donors (Lipinski definition) is 0. The molecule has 1 heterocycles. The number of amides is 1. The van der Waals surface area contributed by atoms with Crippen LogP contribution in [0.3, 0.4) is 0 Å². The summed E-state index contributed by atoms with van der Waals surface area (Å²) in [5.74, 6) is 0.565. The molecule has 0 N–H and O–H groups in total. The smallest absolute Gasteiger partial charge is 0.271 e. The summed E-state index contributed by atoms with van der Waals surface area (Å²) in [6.45, 7) is 5.81. The Morgan fingerprint density at radius 2 is 1.78 bits per heavy atom. The molecular weight excluding hydrogens is 333 g/mol. The molecule has 0 saturated heterocycles. The highest BCUT2D eigenvalue weighted by atomic mass is 35.5. The van der Waals surface area contributed by atoms with Crippen LogP contribution < -0.4 is 9.64 Å². The molecule has 1 aliphatic rings. The average Bonchev–Trinajstić information content (AvgIpc) is 2.47. The molecule has 0 saturated carbocycles. The lowest BCUT2D eigenvalue weighted by Gasteiger charge is -2.39. The van der Waals surface area contributed by atoms with Crippen molar-refractivity contribution in [2.75, 3.05) is 4.90 Å². The zero-order chi connectivity index (χ0) is 16.8. The van der Waals surface area contributed by atoms with Gasteiger partial charge < -0.3 is 9.64 Å². The van der Waals surface area contributed by atoms with Crippen LogP contribution in [0, 0.1) is 6.92 Å². The quantitative estimate of drug-likeness (QED) is 0.762. The highest BCUT2D eigenvalue weighted by Gasteiger charge is 2.41. The molecule has 0 aliphatic carbocycles. The fourth-order valence-electron chi connectivity index (χ4n) is 2.68. The fraction of sp³-hybridized carbons (Fsp3) is 0.278. The lowest BCUT2D eigenvalue weighted by atomic mass is 10.0. The Bertz CT molecular complexity index is 766. The standard InChI is InChI=1S/C18H17Cl2NO2/c1-11-7-8-16-15(9-11)21(17(22)18(2,3)23-16)10-12-13(19)5-4-6-14(12)20/h4-9H,10H2,1-3H3. The van der Waals surface area contributed by atoms with E-state index in [1.807, 2.05) is 25.1 Å². The van der Waals surface area contributed by atoms with Crippen molar-refractivity contribution < 1.29 is 9.53 Å². The van der Waals surface area contributed by atoms with Crippen molar-refractivity contribution in [2.24, 2.45) is 0 Å². The zero-order valence-electron chi connectivity index (χ0n) is 13.2. The molecule has 0 fully saturated rings. The van der Waals surface area contributed by atoms with Crippen LogP contribution in [0.5, 0.6) is 5.75 Å². The molecule has 0 radical (unpaired) electrons. The van der Waals surface area contributed by atoms with E-state index in [0.717, 1.165) is 16.8 Å². The van der Waals surface area contributed by atoms with Crippen molar-refractivity contribution in [3.05, 3.63) is 57.6 Å². The third-order valence-corrected chi connectivity index (χ3v) is 4.62. The maximum atomic E-state index is 12.9. The topological polar surface area (TPSA) is 29.5 Å². The summed E-state index contributed by atoms with van der Waals surface area (Å²) in [6, 6.07) is 11.1. The normalized spacial score (nSPS) is 16.0. The lowest BCUT2D eigenvalue weighted by molar-refractivity contribution is -0.132. The minimum absolute atomic E-state index is 0.119. The molecule has 0 unspecified atom stereocenters. The zero-order valence-corrected chi connectivity index (χ0v) is 14.7. The van der Waals surface area contributed by atoms with Gasteiger partial charge in [0.05, 0.1) is 12.2 Å². The van der Waals surface area contributed by atoms with E-state index in [9.17, 15) is 4.79 Å². The summed E-state index contributed by atoms with van der Waals surface area (Å²) in [7, 11) is 0. The molecule has 3 nitrogen and oxygen atoms in total. The van der Waals surface area contributed by atoms with Crippen LogP contribution in [0.1, 0.15) is 25.0 Å². The van der Waals surface area contributed by atoms with Crippen LogP contribution in [-0.2, 0) is 11.3 Å². The van der Waals surface area contributed by atoms with Gasteiger partial charge in [0.2, 0.25) is 0 Å². The van der Waals surface area contributed by atoms with E-state index >= 15 is 0 Å². The van der Waals surface area contributed by atoms with E-state index < -0.39 is 5.60 Å². The number of hydrogen-bond acceptors (Lipinski definition) is 2. The summed E-state index contributed by atoms with van der Waals surface area (Å²) >= 11 is 12.5. The van der Waals surface area contributed by atoms with Gasteiger partial charge in [0.25, 0.3) is 5.91 Å². The number of carbonyl (C=O) groups excluding carboxylic acids is 1. The molecule has 5 heteroatoms. The highest BCUT2D eigenvalue weighted by molar-refractivity contribution is 6.36. The number of fused-ring (bicyclic) bond motifs is 1. The van der Waals surface area contributed by atoms with Crippen molar-refractivity contribution in [1.82, 2.24) is 0 Å². The van der Waals surface area contributed by atoms with Gasteiger partial charge in [-0.1, -0.05) is 35.3 Å². The first-order valence-electron chi connectivity index (χ1n) is 7.34. The van der Waals surface area contributed by atoms with Gasteiger partial charge in [-0.05, 0) is 50.6 Å². The summed E-state index contributed by atoms with van der Waals surface area (Å²) in [5, 5.41) is 1.09. The van der Waals surface area contributed by atoms with Crippen LogP contribution in [0.25, 0.3) is 0 Å². The number of nitrogens with zero attached hydrogens (tertiary/aromatic N) is 1. The number of carbonyl (C=O) groups is 1. The van der Waals surface area contributed by atoms with E-state index in [4.69, 9.17) is 27.9 Å². The Morgan fingerprint density at radius 3 is 2.43 bits per heavy atom. The van der Waals surface area contributed by atoms with Gasteiger partial charge in [-0.25, -0.2) is 0 Å². The Balaban J connectivity index is 2.10. The first kappa shape index (κ1) is 16.2. The molecule has 0 atom stereocenters. The highest BCUT2D eigenvalue weighted by Crippen LogP contribution is 2.40. The Morgan fingerprint density at radius 1 is 1.13 bits per heavy atom. The second-order valence-electron chi connectivity index (χ2n) is 6.18. The number of halogens is 2. The Hall–Kier alpha value is -1.71. The molecule has 3 rings (SSSR count). The van der Waals surface area contributed by atoms with E-state index in [0.29, 0.717) is 22.3 Å². The van der Waals surface area contributed by atoms with Gasteiger partial charge >= 0.3 is 0 Å². The molecule has 0 aromatic heterocycles. The molecule has 1 amide bonds.